The molecular formula is C21H27N3O7S. The highest BCUT2D eigenvalue weighted by molar-refractivity contribution is 7.81. The maximum Gasteiger partial charge on any atom is 0.327 e. The van der Waals surface area contributed by atoms with Gasteiger partial charge in [0.25, 0.3) is 0 Å². The van der Waals surface area contributed by atoms with E-state index in [1.807, 2.05) is 0 Å². The Morgan fingerprint density at radius 2 is 1.91 bits per heavy atom. The third-order valence-corrected chi connectivity index (χ3v) is 4.81. The zero-order valence-corrected chi connectivity index (χ0v) is 19.0. The minimum atomic E-state index is -1.30. The van der Waals surface area contributed by atoms with Crippen LogP contribution in [0.15, 0.2) is 23.3 Å². The van der Waals surface area contributed by atoms with Crippen LogP contribution in [0.25, 0.3) is 0 Å². The Bertz CT molecular complexity index is 924. The molecule has 1 unspecified atom stereocenters. The fourth-order valence-electron chi connectivity index (χ4n) is 3.14. The highest BCUT2D eigenvalue weighted by Gasteiger charge is 2.38. The Labute approximate surface area is 191 Å². The second-order valence-corrected chi connectivity index (χ2v) is 9.26. The van der Waals surface area contributed by atoms with Gasteiger partial charge < -0.3 is 14.9 Å². The van der Waals surface area contributed by atoms with Crippen LogP contribution in [0.5, 0.6) is 11.5 Å². The summed E-state index contributed by atoms with van der Waals surface area (Å²) in [6.07, 6.45) is 0.0834. The number of aromatic hydroxyl groups is 1. The van der Waals surface area contributed by atoms with Gasteiger partial charge in [-0.05, 0) is 19.1 Å². The summed E-state index contributed by atoms with van der Waals surface area (Å²) in [7, 11) is 0. The van der Waals surface area contributed by atoms with Crippen molar-refractivity contribution in [3.8, 4) is 11.5 Å². The van der Waals surface area contributed by atoms with E-state index in [-0.39, 0.29) is 49.7 Å². The van der Waals surface area contributed by atoms with Gasteiger partial charge in [-0.3, -0.25) is 19.3 Å². The van der Waals surface area contributed by atoms with E-state index in [0.717, 1.165) is 4.90 Å². The summed E-state index contributed by atoms with van der Waals surface area (Å²) in [5, 5.41) is 23.6. The minimum absolute atomic E-state index is 0.00651. The number of hydrogen-bond donors (Lipinski definition) is 4. The molecule has 11 heteroatoms. The summed E-state index contributed by atoms with van der Waals surface area (Å²) >= 11 is 4.29. The van der Waals surface area contributed by atoms with Gasteiger partial charge in [-0.2, -0.15) is 17.7 Å². The lowest BCUT2D eigenvalue weighted by Crippen LogP contribution is -2.45. The monoisotopic (exact) mass is 465 g/mol. The van der Waals surface area contributed by atoms with Crippen LogP contribution < -0.4 is 10.2 Å². The molecule has 1 aromatic rings. The van der Waals surface area contributed by atoms with Gasteiger partial charge in [-0.15, -0.1) is 0 Å². The predicted octanol–water partition coefficient (Wildman–Crippen LogP) is 1.70. The molecular weight excluding hydrogens is 438 g/mol. The molecule has 0 aliphatic carbocycles. The predicted molar refractivity (Wildman–Crippen MR) is 119 cm³/mol. The second-order valence-electron chi connectivity index (χ2n) is 8.05. The number of rotatable bonds is 10. The van der Waals surface area contributed by atoms with Crippen molar-refractivity contribution in [2.24, 2.45) is 5.10 Å². The molecule has 0 spiro atoms. The topological polar surface area (TPSA) is 146 Å². The number of aliphatic carboxylic acids is 1. The number of amides is 3. The van der Waals surface area contributed by atoms with Gasteiger partial charge in [0.2, 0.25) is 17.7 Å². The summed E-state index contributed by atoms with van der Waals surface area (Å²) < 4.78 is 5.01. The number of carboxylic acid groups (broad SMARTS) is 1. The Balaban J connectivity index is 1.97. The van der Waals surface area contributed by atoms with Crippen LogP contribution in [0.2, 0.25) is 0 Å². The summed E-state index contributed by atoms with van der Waals surface area (Å²) in [6.45, 7) is 5.13. The summed E-state index contributed by atoms with van der Waals surface area (Å²) in [6, 6.07) is 3.12. The first-order valence-corrected chi connectivity index (χ1v) is 10.4. The number of carbonyl (C=O) groups is 4. The van der Waals surface area contributed by atoms with Crippen LogP contribution in [0.4, 0.5) is 0 Å². The molecule has 1 fully saturated rings. The first-order valence-electron chi connectivity index (χ1n) is 9.98. The van der Waals surface area contributed by atoms with Gasteiger partial charge in [-0.25, -0.2) is 10.2 Å². The van der Waals surface area contributed by atoms with Crippen molar-refractivity contribution in [3.05, 3.63) is 23.8 Å². The molecule has 1 atom stereocenters. The number of carboxylic acids is 1. The molecule has 0 radical (unpaired) electrons. The van der Waals surface area contributed by atoms with E-state index in [1.165, 1.54) is 6.07 Å². The number of thiol groups is 1. The normalized spacial score (nSPS) is 15.6. The van der Waals surface area contributed by atoms with Crippen molar-refractivity contribution in [3.63, 3.8) is 0 Å². The molecule has 1 aromatic carbocycles. The van der Waals surface area contributed by atoms with Crippen LogP contribution in [0.1, 0.15) is 52.0 Å². The zero-order valence-electron chi connectivity index (χ0n) is 18.1. The Hall–Kier alpha value is -3.08. The number of phenolic OH excluding ortho intramolecular Hbond substituents is 1. The third-order valence-electron chi connectivity index (χ3n) is 4.65. The molecule has 1 aliphatic heterocycles. The molecule has 1 heterocycles. The van der Waals surface area contributed by atoms with Gasteiger partial charge in [0, 0.05) is 42.1 Å². The maximum atomic E-state index is 11.9. The quantitative estimate of drug-likeness (QED) is 0.178. The van der Waals surface area contributed by atoms with Crippen LogP contribution >= 0.6 is 12.6 Å². The average Bonchev–Trinajstić information content (AvgIpc) is 3.00. The number of carbonyl (C=O) groups excluding carboxylic acids is 3. The molecule has 174 valence electrons. The number of hydrogen-bond acceptors (Lipinski definition) is 8. The number of nitrogens with one attached hydrogen (secondary N) is 1. The molecule has 10 nitrogen and oxygen atoms in total. The Kier molecular flexibility index (Phi) is 8.25. The average molecular weight is 466 g/mol. The Morgan fingerprint density at radius 3 is 2.44 bits per heavy atom. The smallest absolute Gasteiger partial charge is 0.327 e. The number of likely N-dealkylation sites (tertiary alicyclic amines) is 1. The number of phenols is 1. The first kappa shape index (κ1) is 25.2. The van der Waals surface area contributed by atoms with E-state index < -0.39 is 28.6 Å². The van der Waals surface area contributed by atoms with E-state index in [2.05, 4.69) is 23.2 Å². The van der Waals surface area contributed by atoms with Crippen molar-refractivity contribution >= 4 is 42.0 Å². The number of ether oxygens (including phenoxy) is 1. The van der Waals surface area contributed by atoms with E-state index in [1.54, 1.807) is 32.9 Å². The maximum absolute atomic E-state index is 11.9. The van der Waals surface area contributed by atoms with Gasteiger partial charge in [-0.1, -0.05) is 13.8 Å². The zero-order chi connectivity index (χ0) is 24.1. The molecule has 2 rings (SSSR count). The number of nitrogens with zero attached hydrogens (tertiary/aromatic N) is 2. The number of imide groups is 1. The van der Waals surface area contributed by atoms with E-state index in [4.69, 9.17) is 4.74 Å². The van der Waals surface area contributed by atoms with Crippen molar-refractivity contribution in [1.82, 2.24) is 10.3 Å². The third kappa shape index (κ3) is 6.98. The van der Waals surface area contributed by atoms with Crippen LogP contribution in [-0.4, -0.2) is 61.9 Å². The minimum Gasteiger partial charge on any atom is -0.507 e. The van der Waals surface area contributed by atoms with Crippen molar-refractivity contribution in [2.75, 3.05) is 6.61 Å². The van der Waals surface area contributed by atoms with Gasteiger partial charge >= 0.3 is 5.97 Å². The van der Waals surface area contributed by atoms with Crippen LogP contribution in [-0.2, 0) is 19.2 Å². The molecule has 0 bridgehead atoms. The summed E-state index contributed by atoms with van der Waals surface area (Å²) in [4.78, 5) is 47.7. The Morgan fingerprint density at radius 1 is 1.28 bits per heavy atom. The highest BCUT2D eigenvalue weighted by Crippen LogP contribution is 2.25. The molecule has 1 aliphatic rings. The van der Waals surface area contributed by atoms with Gasteiger partial charge in [0.1, 0.15) is 17.5 Å². The molecule has 0 saturated carbocycles. The molecule has 3 N–H and O–H groups in total. The lowest BCUT2D eigenvalue weighted by atomic mass is 10.1. The van der Waals surface area contributed by atoms with Crippen molar-refractivity contribution in [2.45, 2.75) is 57.2 Å². The molecule has 1 saturated heterocycles. The fourth-order valence-corrected chi connectivity index (χ4v) is 3.28. The first-order chi connectivity index (χ1) is 14.9. The molecule has 32 heavy (non-hydrogen) atoms. The van der Waals surface area contributed by atoms with Crippen LogP contribution in [0, 0.1) is 0 Å². The van der Waals surface area contributed by atoms with Gasteiger partial charge in [0.15, 0.2) is 0 Å². The summed E-state index contributed by atoms with van der Waals surface area (Å²) in [5.74, 6) is -2.50. The molecule has 0 aromatic heterocycles. The largest absolute Gasteiger partial charge is 0.507 e. The summed E-state index contributed by atoms with van der Waals surface area (Å²) in [5.41, 5.74) is 3.16. The van der Waals surface area contributed by atoms with Crippen LogP contribution in [0.3, 0.4) is 0 Å². The lowest BCUT2D eigenvalue weighted by Gasteiger charge is -2.22. The van der Waals surface area contributed by atoms with Gasteiger partial charge in [0.05, 0.1) is 12.3 Å². The number of benzene rings is 1. The van der Waals surface area contributed by atoms with E-state index >= 15 is 0 Å². The van der Waals surface area contributed by atoms with Crippen molar-refractivity contribution in [1.29, 1.82) is 0 Å². The van der Waals surface area contributed by atoms with Crippen molar-refractivity contribution < 1.29 is 34.1 Å². The standard InChI is InChI=1S/C21H27N3O7S/c1-12(22-23-17(26)11-21(2,3)32)14-5-4-13(10-16(14)25)31-9-8-15(20(29)30)24-18(27)6-7-19(24)28/h4-5,10,15,25,32H,6-9,11H2,1-3H3,(H,23,26)(H,29,30)/b22-12+. The second kappa shape index (κ2) is 10.5. The number of hydrazone groups is 1. The highest BCUT2D eigenvalue weighted by atomic mass is 32.1. The SMILES string of the molecule is C/C(=N\NC(=O)CC(C)(C)S)c1ccc(OCCC(C(=O)O)N2C(=O)CCC2=O)cc1O. The molecule has 3 amide bonds. The van der Waals surface area contributed by atoms with E-state index in [0.29, 0.717) is 11.3 Å². The lowest BCUT2D eigenvalue weighted by molar-refractivity contribution is -0.154. The fraction of sp³-hybridized carbons (Fsp3) is 0.476. The van der Waals surface area contributed by atoms with E-state index in [9.17, 15) is 29.4 Å².